The molecule has 0 unspecified atom stereocenters. The second kappa shape index (κ2) is 5.29. The van der Waals surface area contributed by atoms with Gasteiger partial charge in [-0.2, -0.15) is 5.26 Å². The van der Waals surface area contributed by atoms with E-state index in [1.54, 1.807) is 0 Å². The van der Waals surface area contributed by atoms with Gasteiger partial charge in [0.2, 0.25) is 0 Å². The number of anilines is 1. The maximum Gasteiger partial charge on any atom is 0.148 e. The van der Waals surface area contributed by atoms with Crippen LogP contribution in [-0.4, -0.2) is 24.6 Å². The Hall–Kier alpha value is -1.85. The maximum atomic E-state index is 8.81. The third-order valence-corrected chi connectivity index (χ3v) is 2.57. The topological polar surface area (TPSA) is 61.6 Å². The zero-order chi connectivity index (χ0) is 12.0. The van der Waals surface area contributed by atoms with E-state index in [0.717, 1.165) is 0 Å². The van der Waals surface area contributed by atoms with Crippen LogP contribution in [0, 0.1) is 22.8 Å². The molecule has 0 aliphatic carbocycles. The zero-order valence-electron chi connectivity index (χ0n) is 9.70. The van der Waals surface area contributed by atoms with Crippen LogP contribution in [0.2, 0.25) is 19.6 Å². The number of hydrogen-bond donors (Lipinski definition) is 1. The van der Waals surface area contributed by atoms with Gasteiger partial charge in [0, 0.05) is 0 Å². The molecule has 0 spiro atoms. The number of hydrogen-bond acceptors (Lipinski definition) is 4. The van der Waals surface area contributed by atoms with Crippen molar-refractivity contribution in [2.75, 3.05) is 11.9 Å². The van der Waals surface area contributed by atoms with Crippen molar-refractivity contribution in [2.45, 2.75) is 19.6 Å². The highest BCUT2D eigenvalue weighted by atomic mass is 28.3. The highest BCUT2D eigenvalue weighted by Gasteiger charge is 2.07. The van der Waals surface area contributed by atoms with E-state index in [-0.39, 0.29) is 0 Å². The van der Waals surface area contributed by atoms with Crippen molar-refractivity contribution < 1.29 is 0 Å². The van der Waals surface area contributed by atoms with Crippen LogP contribution in [0.15, 0.2) is 12.5 Å². The third-order valence-electron chi connectivity index (χ3n) is 1.64. The van der Waals surface area contributed by atoms with Crippen molar-refractivity contribution in [3.05, 3.63) is 18.1 Å². The van der Waals surface area contributed by atoms with Crippen molar-refractivity contribution >= 4 is 13.9 Å². The number of nitriles is 1. The second-order valence-corrected chi connectivity index (χ2v) is 9.05. The van der Waals surface area contributed by atoms with E-state index in [4.69, 9.17) is 5.26 Å². The smallest absolute Gasteiger partial charge is 0.148 e. The molecule has 1 rings (SSSR count). The molecule has 0 aliphatic heterocycles. The number of nitrogens with zero attached hydrogens (tertiary/aromatic N) is 3. The number of rotatable bonds is 2. The first-order valence-electron chi connectivity index (χ1n) is 4.97. The van der Waals surface area contributed by atoms with Gasteiger partial charge >= 0.3 is 0 Å². The first-order valence-corrected chi connectivity index (χ1v) is 8.47. The molecule has 0 atom stereocenters. The lowest BCUT2D eigenvalue weighted by atomic mass is 10.3. The minimum absolute atomic E-state index is 0.442. The molecule has 0 aromatic carbocycles. The minimum atomic E-state index is -1.32. The van der Waals surface area contributed by atoms with Crippen molar-refractivity contribution in [3.63, 3.8) is 0 Å². The Kier molecular flexibility index (Phi) is 4.04. The Morgan fingerprint density at radius 1 is 1.44 bits per heavy atom. The quantitative estimate of drug-likeness (QED) is 0.620. The minimum Gasteiger partial charge on any atom is -0.358 e. The van der Waals surface area contributed by atoms with Gasteiger partial charge < -0.3 is 5.32 Å². The summed E-state index contributed by atoms with van der Waals surface area (Å²) in [5.41, 5.74) is 3.67. The molecule has 5 heteroatoms. The third kappa shape index (κ3) is 4.12. The molecular formula is C11H14N4Si. The molecule has 82 valence electrons. The lowest BCUT2D eigenvalue weighted by Gasteiger charge is -2.04. The standard InChI is InChI=1S/C11H14N4Si/c1-16(2,3)6-4-5-14-11-10(7-12)8-13-9-15-11/h8-9H,5H2,1-3H3,(H,13,14,15). The molecule has 0 fully saturated rings. The van der Waals surface area contributed by atoms with Gasteiger partial charge in [0.25, 0.3) is 0 Å². The SMILES string of the molecule is C[Si](C)(C)C#CCNc1ncncc1C#N. The van der Waals surface area contributed by atoms with E-state index in [0.29, 0.717) is 17.9 Å². The average Bonchev–Trinajstić information content (AvgIpc) is 2.23. The van der Waals surface area contributed by atoms with Gasteiger partial charge in [-0.25, -0.2) is 9.97 Å². The van der Waals surface area contributed by atoms with E-state index < -0.39 is 8.07 Å². The Morgan fingerprint density at radius 3 is 2.81 bits per heavy atom. The monoisotopic (exact) mass is 230 g/mol. The zero-order valence-corrected chi connectivity index (χ0v) is 10.7. The molecule has 0 bridgehead atoms. The molecule has 1 aromatic rings. The number of nitrogens with one attached hydrogen (secondary N) is 1. The van der Waals surface area contributed by atoms with Gasteiger partial charge in [-0.3, -0.25) is 0 Å². The molecule has 16 heavy (non-hydrogen) atoms. The molecule has 0 saturated heterocycles. The molecule has 1 aromatic heterocycles. The summed E-state index contributed by atoms with van der Waals surface area (Å²) in [7, 11) is -1.32. The molecule has 0 amide bonds. The summed E-state index contributed by atoms with van der Waals surface area (Å²) in [6, 6.07) is 2.03. The van der Waals surface area contributed by atoms with E-state index >= 15 is 0 Å². The molecule has 0 aliphatic rings. The van der Waals surface area contributed by atoms with Crippen LogP contribution >= 0.6 is 0 Å². The van der Waals surface area contributed by atoms with Crippen molar-refractivity contribution in [3.8, 4) is 17.5 Å². The average molecular weight is 230 g/mol. The normalized spacial score (nSPS) is 9.88. The summed E-state index contributed by atoms with van der Waals surface area (Å²) in [6.07, 6.45) is 2.90. The lowest BCUT2D eigenvalue weighted by Crippen LogP contribution is -2.17. The van der Waals surface area contributed by atoms with Crippen LogP contribution in [0.25, 0.3) is 0 Å². The van der Waals surface area contributed by atoms with Gasteiger partial charge in [0.1, 0.15) is 31.9 Å². The fourth-order valence-corrected chi connectivity index (χ4v) is 1.61. The first-order chi connectivity index (χ1) is 7.53. The van der Waals surface area contributed by atoms with Crippen LogP contribution in [0.1, 0.15) is 5.56 Å². The fourth-order valence-electron chi connectivity index (χ4n) is 0.990. The summed E-state index contributed by atoms with van der Waals surface area (Å²) in [4.78, 5) is 7.76. The van der Waals surface area contributed by atoms with Gasteiger partial charge in [-0.1, -0.05) is 25.6 Å². The van der Waals surface area contributed by atoms with Crippen LogP contribution in [-0.2, 0) is 0 Å². The maximum absolute atomic E-state index is 8.81. The second-order valence-electron chi connectivity index (χ2n) is 4.30. The highest BCUT2D eigenvalue weighted by molar-refractivity contribution is 6.83. The van der Waals surface area contributed by atoms with Gasteiger partial charge in [0.05, 0.1) is 12.7 Å². The van der Waals surface area contributed by atoms with Crippen molar-refractivity contribution in [1.82, 2.24) is 9.97 Å². The lowest BCUT2D eigenvalue weighted by molar-refractivity contribution is 1.13. The molecule has 0 radical (unpaired) electrons. The van der Waals surface area contributed by atoms with Crippen LogP contribution in [0.5, 0.6) is 0 Å². The highest BCUT2D eigenvalue weighted by Crippen LogP contribution is 2.06. The largest absolute Gasteiger partial charge is 0.358 e. The van der Waals surface area contributed by atoms with E-state index in [1.165, 1.54) is 12.5 Å². The Morgan fingerprint density at radius 2 is 2.19 bits per heavy atom. The Balaban J connectivity index is 2.62. The summed E-state index contributed by atoms with van der Waals surface area (Å²) in [5.74, 6) is 3.60. The van der Waals surface area contributed by atoms with E-state index in [9.17, 15) is 0 Å². The van der Waals surface area contributed by atoms with Crippen molar-refractivity contribution in [2.24, 2.45) is 0 Å². The molecule has 4 nitrogen and oxygen atoms in total. The first kappa shape index (κ1) is 12.2. The van der Waals surface area contributed by atoms with Crippen LogP contribution in [0.3, 0.4) is 0 Å². The predicted molar refractivity (Wildman–Crippen MR) is 66.4 cm³/mol. The Labute approximate surface area is 96.7 Å². The fraction of sp³-hybridized carbons (Fsp3) is 0.364. The van der Waals surface area contributed by atoms with Gasteiger partial charge in [-0.05, 0) is 0 Å². The number of aromatic nitrogens is 2. The molecule has 1 N–H and O–H groups in total. The van der Waals surface area contributed by atoms with E-state index in [1.807, 2.05) is 6.07 Å². The molecular weight excluding hydrogens is 216 g/mol. The summed E-state index contributed by atoms with van der Waals surface area (Å²) < 4.78 is 0. The van der Waals surface area contributed by atoms with Gasteiger partial charge in [0.15, 0.2) is 0 Å². The van der Waals surface area contributed by atoms with Crippen LogP contribution < -0.4 is 5.32 Å². The molecule has 1 heterocycles. The summed E-state index contributed by atoms with van der Waals surface area (Å²) >= 11 is 0. The van der Waals surface area contributed by atoms with Gasteiger partial charge in [-0.15, -0.1) is 5.54 Å². The Bertz CT molecular complexity index is 459. The summed E-state index contributed by atoms with van der Waals surface area (Å²) in [5, 5.41) is 11.8. The molecule has 0 saturated carbocycles. The predicted octanol–water partition coefficient (Wildman–Crippen LogP) is 1.64. The van der Waals surface area contributed by atoms with Crippen molar-refractivity contribution in [1.29, 1.82) is 5.26 Å². The summed E-state index contributed by atoms with van der Waals surface area (Å²) in [6.45, 7) is 7.07. The van der Waals surface area contributed by atoms with E-state index in [2.05, 4.69) is 46.4 Å². The van der Waals surface area contributed by atoms with Crippen LogP contribution in [0.4, 0.5) is 5.82 Å².